The molecule has 0 spiro atoms. The zero-order valence-corrected chi connectivity index (χ0v) is 9.03. The second-order valence-electron chi connectivity index (χ2n) is 3.63. The number of hydrogen-bond donors (Lipinski definition) is 0. The molecule has 0 atom stereocenters. The number of rotatable bonds is 5. The lowest BCUT2D eigenvalue weighted by Gasteiger charge is -2.03. The van der Waals surface area contributed by atoms with E-state index in [4.69, 9.17) is 0 Å². The largest absolute Gasteiger partial charge is 0.294 e. The van der Waals surface area contributed by atoms with Gasteiger partial charge in [0.1, 0.15) is 5.82 Å². The van der Waals surface area contributed by atoms with E-state index in [2.05, 4.69) is 0 Å². The van der Waals surface area contributed by atoms with Gasteiger partial charge < -0.3 is 0 Å². The molecule has 0 heterocycles. The Morgan fingerprint density at radius 3 is 2.31 bits per heavy atom. The van der Waals surface area contributed by atoms with Crippen molar-refractivity contribution >= 4 is 5.78 Å². The van der Waals surface area contributed by atoms with Gasteiger partial charge in [-0.2, -0.15) is 0 Å². The van der Waals surface area contributed by atoms with Crippen LogP contribution in [0.5, 0.6) is 0 Å². The minimum atomic E-state index is -1.28. The summed E-state index contributed by atoms with van der Waals surface area (Å²) in [5, 5.41) is 0. The predicted molar refractivity (Wildman–Crippen MR) is 54.8 cm³/mol. The second kappa shape index (κ2) is 5.68. The number of carbonyl (C=O) groups excluding carboxylic acids is 1. The van der Waals surface area contributed by atoms with Gasteiger partial charge in [0.2, 0.25) is 0 Å². The van der Waals surface area contributed by atoms with Crippen LogP contribution in [0.3, 0.4) is 0 Å². The zero-order valence-electron chi connectivity index (χ0n) is 9.03. The Morgan fingerprint density at radius 2 is 1.69 bits per heavy atom. The number of unbranched alkanes of at least 4 members (excludes halogenated alkanes) is 2. The Balaban J connectivity index is 2.79. The van der Waals surface area contributed by atoms with E-state index in [9.17, 15) is 18.0 Å². The topological polar surface area (TPSA) is 17.1 Å². The summed E-state index contributed by atoms with van der Waals surface area (Å²) in [6, 6.07) is 1.03. The first-order valence-corrected chi connectivity index (χ1v) is 5.24. The molecule has 0 aliphatic carbocycles. The quantitative estimate of drug-likeness (QED) is 0.426. The number of carbonyl (C=O) groups is 1. The second-order valence-corrected chi connectivity index (χ2v) is 3.63. The molecular weight excluding hydrogens is 217 g/mol. The van der Waals surface area contributed by atoms with Crippen molar-refractivity contribution in [1.29, 1.82) is 0 Å². The van der Waals surface area contributed by atoms with Crippen LogP contribution >= 0.6 is 0 Å². The van der Waals surface area contributed by atoms with Crippen LogP contribution in [0, 0.1) is 17.5 Å². The molecule has 1 rings (SSSR count). The van der Waals surface area contributed by atoms with Crippen LogP contribution in [0.15, 0.2) is 12.1 Å². The van der Waals surface area contributed by atoms with Crippen molar-refractivity contribution in [1.82, 2.24) is 0 Å². The van der Waals surface area contributed by atoms with Gasteiger partial charge in [-0.05, 0) is 12.5 Å². The molecular formula is C12H13F3O. The third-order valence-electron chi connectivity index (χ3n) is 2.32. The van der Waals surface area contributed by atoms with Crippen molar-refractivity contribution in [2.24, 2.45) is 0 Å². The van der Waals surface area contributed by atoms with Crippen LogP contribution < -0.4 is 0 Å². The molecule has 0 aromatic heterocycles. The first-order valence-electron chi connectivity index (χ1n) is 5.24. The number of benzene rings is 1. The summed E-state index contributed by atoms with van der Waals surface area (Å²) in [6.07, 6.45) is 2.59. The molecule has 1 aromatic carbocycles. The van der Waals surface area contributed by atoms with Gasteiger partial charge in [-0.1, -0.05) is 19.8 Å². The number of halogens is 3. The summed E-state index contributed by atoms with van der Waals surface area (Å²) < 4.78 is 38.6. The van der Waals surface area contributed by atoms with Gasteiger partial charge in [-0.15, -0.1) is 0 Å². The summed E-state index contributed by atoms with van der Waals surface area (Å²) in [5.41, 5.74) is -0.366. The van der Waals surface area contributed by atoms with Crippen LogP contribution in [-0.4, -0.2) is 5.78 Å². The van der Waals surface area contributed by atoms with Crippen LogP contribution in [0.2, 0.25) is 0 Å². The molecule has 4 heteroatoms. The third kappa shape index (κ3) is 3.08. The number of Topliss-reactive ketones (excluding diaryl/α,β-unsaturated/α-hetero) is 1. The molecule has 0 radical (unpaired) electrons. The van der Waals surface area contributed by atoms with Crippen molar-refractivity contribution in [2.45, 2.75) is 32.6 Å². The van der Waals surface area contributed by atoms with Crippen LogP contribution in [-0.2, 0) is 0 Å². The molecule has 0 saturated heterocycles. The fraction of sp³-hybridized carbons (Fsp3) is 0.417. The molecule has 88 valence electrons. The van der Waals surface area contributed by atoms with E-state index in [1.807, 2.05) is 6.92 Å². The van der Waals surface area contributed by atoms with Crippen LogP contribution in [0.25, 0.3) is 0 Å². The van der Waals surface area contributed by atoms with E-state index in [1.54, 1.807) is 0 Å². The lowest BCUT2D eigenvalue weighted by atomic mass is 10.0. The van der Waals surface area contributed by atoms with Crippen LogP contribution in [0.1, 0.15) is 43.0 Å². The summed E-state index contributed by atoms with van der Waals surface area (Å²) in [7, 11) is 0. The van der Waals surface area contributed by atoms with Crippen LogP contribution in [0.4, 0.5) is 13.2 Å². The molecule has 16 heavy (non-hydrogen) atoms. The highest BCUT2D eigenvalue weighted by atomic mass is 19.2. The highest BCUT2D eigenvalue weighted by Gasteiger charge is 2.15. The summed E-state index contributed by atoms with van der Waals surface area (Å²) in [4.78, 5) is 11.5. The van der Waals surface area contributed by atoms with Crippen molar-refractivity contribution < 1.29 is 18.0 Å². The number of hydrogen-bond acceptors (Lipinski definition) is 1. The van der Waals surface area contributed by atoms with Crippen molar-refractivity contribution in [3.05, 3.63) is 35.1 Å². The van der Waals surface area contributed by atoms with E-state index >= 15 is 0 Å². The van der Waals surface area contributed by atoms with E-state index in [1.165, 1.54) is 0 Å². The summed E-state index contributed by atoms with van der Waals surface area (Å²) in [6.45, 7) is 1.97. The maximum atomic E-state index is 13.2. The highest BCUT2D eigenvalue weighted by molar-refractivity contribution is 5.96. The van der Waals surface area contributed by atoms with Gasteiger partial charge in [0, 0.05) is 12.5 Å². The Kier molecular flexibility index (Phi) is 4.52. The molecule has 0 unspecified atom stereocenters. The molecule has 0 N–H and O–H groups in total. The van der Waals surface area contributed by atoms with Crippen molar-refractivity contribution in [2.75, 3.05) is 0 Å². The maximum absolute atomic E-state index is 13.2. The van der Waals surface area contributed by atoms with E-state index in [-0.39, 0.29) is 12.0 Å². The fourth-order valence-electron chi connectivity index (χ4n) is 1.41. The van der Waals surface area contributed by atoms with Gasteiger partial charge in [0.15, 0.2) is 17.4 Å². The Morgan fingerprint density at radius 1 is 1.06 bits per heavy atom. The first kappa shape index (κ1) is 12.7. The highest BCUT2D eigenvalue weighted by Crippen LogP contribution is 2.16. The average molecular weight is 230 g/mol. The molecule has 1 nitrogen and oxygen atoms in total. The molecule has 0 amide bonds. The third-order valence-corrected chi connectivity index (χ3v) is 2.32. The standard InChI is InChI=1S/C12H13F3O/c1-2-3-4-5-12(16)8-6-10(14)11(15)7-9(8)13/h6-7H,2-5H2,1H3. The molecule has 0 bridgehead atoms. The Labute approximate surface area is 92.3 Å². The van der Waals surface area contributed by atoms with Crippen molar-refractivity contribution in [3.63, 3.8) is 0 Å². The van der Waals surface area contributed by atoms with Gasteiger partial charge in [0.25, 0.3) is 0 Å². The van der Waals surface area contributed by atoms with E-state index in [0.29, 0.717) is 18.6 Å². The summed E-state index contributed by atoms with van der Waals surface area (Å²) in [5.74, 6) is -3.95. The normalized spacial score (nSPS) is 10.5. The zero-order chi connectivity index (χ0) is 12.1. The van der Waals surface area contributed by atoms with Gasteiger partial charge in [-0.25, -0.2) is 13.2 Å². The van der Waals surface area contributed by atoms with Gasteiger partial charge in [0.05, 0.1) is 5.56 Å². The molecule has 0 saturated carbocycles. The maximum Gasteiger partial charge on any atom is 0.165 e. The predicted octanol–water partition coefficient (Wildman–Crippen LogP) is 3.87. The smallest absolute Gasteiger partial charge is 0.165 e. The minimum Gasteiger partial charge on any atom is -0.294 e. The first-order chi connectivity index (χ1) is 7.56. The fourth-order valence-corrected chi connectivity index (χ4v) is 1.41. The van der Waals surface area contributed by atoms with Crippen molar-refractivity contribution in [3.8, 4) is 0 Å². The summed E-state index contributed by atoms with van der Waals surface area (Å²) >= 11 is 0. The van der Waals surface area contributed by atoms with Gasteiger partial charge in [-0.3, -0.25) is 4.79 Å². The number of ketones is 1. The Bertz CT molecular complexity index is 388. The lowest BCUT2D eigenvalue weighted by Crippen LogP contribution is -2.04. The molecule has 0 aliphatic heterocycles. The average Bonchev–Trinajstić information content (AvgIpc) is 2.23. The minimum absolute atomic E-state index is 0.163. The van der Waals surface area contributed by atoms with E-state index in [0.717, 1.165) is 12.8 Å². The Hall–Kier alpha value is -1.32. The molecule has 0 aliphatic rings. The van der Waals surface area contributed by atoms with Gasteiger partial charge >= 0.3 is 0 Å². The lowest BCUT2D eigenvalue weighted by molar-refractivity contribution is 0.0974. The van der Waals surface area contributed by atoms with E-state index < -0.39 is 23.2 Å². The SMILES string of the molecule is CCCCCC(=O)c1cc(F)c(F)cc1F. The molecule has 1 aromatic rings. The molecule has 0 fully saturated rings. The monoisotopic (exact) mass is 230 g/mol.